The molecule has 0 unspecified atom stereocenters. The van der Waals surface area contributed by atoms with Crippen molar-refractivity contribution in [2.75, 3.05) is 23.3 Å². The highest BCUT2D eigenvalue weighted by atomic mass is 35.5. The van der Waals surface area contributed by atoms with Gasteiger partial charge in [-0.2, -0.15) is 0 Å². The van der Waals surface area contributed by atoms with E-state index >= 15 is 0 Å². The van der Waals surface area contributed by atoms with Crippen LogP contribution in [0, 0.1) is 0 Å². The maximum absolute atomic E-state index is 12.5. The summed E-state index contributed by atoms with van der Waals surface area (Å²) in [7, 11) is 0. The molecule has 6 heteroatoms. The zero-order valence-electron chi connectivity index (χ0n) is 15.6. The molecule has 142 valence electrons. The number of fused-ring (bicyclic) bond motifs is 1. The van der Waals surface area contributed by atoms with Gasteiger partial charge in [0.25, 0.3) is 5.91 Å². The Balaban J connectivity index is 1.76. The van der Waals surface area contributed by atoms with Crippen molar-refractivity contribution in [2.45, 2.75) is 32.7 Å². The maximum Gasteiger partial charge on any atom is 0.251 e. The van der Waals surface area contributed by atoms with E-state index < -0.39 is 0 Å². The van der Waals surface area contributed by atoms with E-state index in [1.165, 1.54) is 0 Å². The number of anilines is 2. The SMILES string of the molecule is CC(C)NC(=O)c1cccc2c1CCCN2CC(=O)Nc1cccc(Cl)c1. The van der Waals surface area contributed by atoms with Gasteiger partial charge >= 0.3 is 0 Å². The molecule has 0 aliphatic carbocycles. The Bertz CT molecular complexity index is 851. The Kier molecular flexibility index (Phi) is 6.01. The fourth-order valence-electron chi connectivity index (χ4n) is 3.36. The van der Waals surface area contributed by atoms with E-state index in [1.807, 2.05) is 43.0 Å². The van der Waals surface area contributed by atoms with Crippen LogP contribution < -0.4 is 15.5 Å². The Morgan fingerprint density at radius 1 is 1.19 bits per heavy atom. The molecule has 2 aromatic carbocycles. The maximum atomic E-state index is 12.5. The summed E-state index contributed by atoms with van der Waals surface area (Å²) in [4.78, 5) is 27.0. The molecule has 27 heavy (non-hydrogen) atoms. The van der Waals surface area contributed by atoms with E-state index in [4.69, 9.17) is 11.6 Å². The number of nitrogens with zero attached hydrogens (tertiary/aromatic N) is 1. The van der Waals surface area contributed by atoms with Gasteiger partial charge in [-0.3, -0.25) is 9.59 Å². The summed E-state index contributed by atoms with van der Waals surface area (Å²) in [6, 6.07) is 12.9. The molecule has 0 radical (unpaired) electrons. The van der Waals surface area contributed by atoms with Crippen LogP contribution in [0.4, 0.5) is 11.4 Å². The van der Waals surface area contributed by atoms with Gasteiger partial charge in [0.15, 0.2) is 0 Å². The molecule has 0 atom stereocenters. The number of carbonyl (C=O) groups is 2. The molecule has 1 aliphatic heterocycles. The topological polar surface area (TPSA) is 61.4 Å². The van der Waals surface area contributed by atoms with Gasteiger partial charge in [0.2, 0.25) is 5.91 Å². The Hall–Kier alpha value is -2.53. The van der Waals surface area contributed by atoms with Crippen LogP contribution in [0.2, 0.25) is 5.02 Å². The van der Waals surface area contributed by atoms with Crippen molar-refractivity contribution in [3.63, 3.8) is 0 Å². The van der Waals surface area contributed by atoms with Gasteiger partial charge in [-0.15, -0.1) is 0 Å². The molecule has 0 fully saturated rings. The van der Waals surface area contributed by atoms with E-state index in [2.05, 4.69) is 10.6 Å². The third-order valence-corrected chi connectivity index (χ3v) is 4.69. The van der Waals surface area contributed by atoms with E-state index in [-0.39, 0.29) is 24.4 Å². The number of halogens is 1. The Morgan fingerprint density at radius 2 is 1.96 bits per heavy atom. The smallest absolute Gasteiger partial charge is 0.251 e. The number of carbonyl (C=O) groups excluding carboxylic acids is 2. The fraction of sp³-hybridized carbons (Fsp3) is 0.333. The van der Waals surface area contributed by atoms with Crippen molar-refractivity contribution in [3.05, 3.63) is 58.6 Å². The summed E-state index contributed by atoms with van der Waals surface area (Å²) in [5, 5.41) is 6.41. The van der Waals surface area contributed by atoms with Crippen LogP contribution in [0.15, 0.2) is 42.5 Å². The van der Waals surface area contributed by atoms with E-state index in [1.54, 1.807) is 18.2 Å². The zero-order chi connectivity index (χ0) is 19.4. The zero-order valence-corrected chi connectivity index (χ0v) is 16.3. The molecule has 1 heterocycles. The predicted molar refractivity (Wildman–Crippen MR) is 110 cm³/mol. The van der Waals surface area contributed by atoms with Crippen molar-refractivity contribution in [3.8, 4) is 0 Å². The van der Waals surface area contributed by atoms with Crippen LogP contribution in [0.1, 0.15) is 36.2 Å². The molecule has 2 N–H and O–H groups in total. The molecule has 2 amide bonds. The predicted octanol–water partition coefficient (Wildman–Crippen LogP) is 3.87. The lowest BCUT2D eigenvalue weighted by atomic mass is 9.95. The monoisotopic (exact) mass is 385 g/mol. The number of benzene rings is 2. The first-order valence-electron chi connectivity index (χ1n) is 9.17. The molecule has 0 saturated carbocycles. The average molecular weight is 386 g/mol. The molecular formula is C21H24ClN3O2. The average Bonchev–Trinajstić information content (AvgIpc) is 2.61. The van der Waals surface area contributed by atoms with Crippen molar-refractivity contribution < 1.29 is 9.59 Å². The summed E-state index contributed by atoms with van der Waals surface area (Å²) in [6.45, 7) is 4.90. The molecule has 0 saturated heterocycles. The largest absolute Gasteiger partial charge is 0.362 e. The van der Waals surface area contributed by atoms with Crippen molar-refractivity contribution >= 4 is 34.8 Å². The summed E-state index contributed by atoms with van der Waals surface area (Å²) < 4.78 is 0. The summed E-state index contributed by atoms with van der Waals surface area (Å²) in [6.07, 6.45) is 1.74. The van der Waals surface area contributed by atoms with E-state index in [0.29, 0.717) is 16.3 Å². The Morgan fingerprint density at radius 3 is 2.70 bits per heavy atom. The van der Waals surface area contributed by atoms with Crippen LogP contribution in [0.3, 0.4) is 0 Å². The number of amides is 2. The van der Waals surface area contributed by atoms with Crippen molar-refractivity contribution in [1.29, 1.82) is 0 Å². The first-order valence-corrected chi connectivity index (χ1v) is 9.55. The van der Waals surface area contributed by atoms with Gasteiger partial charge in [-0.05, 0) is 62.6 Å². The number of rotatable bonds is 5. The molecule has 2 aromatic rings. The quantitative estimate of drug-likeness (QED) is 0.821. The first-order chi connectivity index (χ1) is 12.9. The van der Waals surface area contributed by atoms with Crippen LogP contribution in [-0.4, -0.2) is 30.9 Å². The third-order valence-electron chi connectivity index (χ3n) is 4.45. The minimum atomic E-state index is -0.109. The lowest BCUT2D eigenvalue weighted by Gasteiger charge is -2.32. The fourth-order valence-corrected chi connectivity index (χ4v) is 3.55. The van der Waals surface area contributed by atoms with Crippen LogP contribution in [0.5, 0.6) is 0 Å². The second-order valence-electron chi connectivity index (χ2n) is 7.02. The molecular weight excluding hydrogens is 362 g/mol. The van der Waals surface area contributed by atoms with Gasteiger partial charge < -0.3 is 15.5 Å². The number of hydrogen-bond acceptors (Lipinski definition) is 3. The number of hydrogen-bond donors (Lipinski definition) is 2. The molecule has 5 nitrogen and oxygen atoms in total. The molecule has 0 aromatic heterocycles. The van der Waals surface area contributed by atoms with E-state index in [9.17, 15) is 9.59 Å². The summed E-state index contributed by atoms with van der Waals surface area (Å²) in [5.41, 5.74) is 3.34. The van der Waals surface area contributed by atoms with Crippen LogP contribution in [-0.2, 0) is 11.2 Å². The third kappa shape index (κ3) is 4.80. The molecule has 3 rings (SSSR count). The Labute approximate surface area is 164 Å². The number of nitrogens with one attached hydrogen (secondary N) is 2. The van der Waals surface area contributed by atoms with Gasteiger partial charge in [0, 0.05) is 34.5 Å². The highest BCUT2D eigenvalue weighted by Gasteiger charge is 2.23. The normalized spacial score (nSPS) is 13.3. The lowest BCUT2D eigenvalue weighted by molar-refractivity contribution is -0.115. The highest BCUT2D eigenvalue weighted by molar-refractivity contribution is 6.30. The van der Waals surface area contributed by atoms with Crippen LogP contribution >= 0.6 is 11.6 Å². The van der Waals surface area contributed by atoms with Crippen LogP contribution in [0.25, 0.3) is 0 Å². The van der Waals surface area contributed by atoms with Crippen molar-refractivity contribution in [2.24, 2.45) is 0 Å². The minimum Gasteiger partial charge on any atom is -0.362 e. The second-order valence-corrected chi connectivity index (χ2v) is 7.45. The van der Waals surface area contributed by atoms with Gasteiger partial charge in [-0.1, -0.05) is 23.7 Å². The van der Waals surface area contributed by atoms with Gasteiger partial charge in [-0.25, -0.2) is 0 Å². The highest BCUT2D eigenvalue weighted by Crippen LogP contribution is 2.30. The van der Waals surface area contributed by atoms with E-state index in [0.717, 1.165) is 30.6 Å². The van der Waals surface area contributed by atoms with Gasteiger partial charge in [0.1, 0.15) is 0 Å². The summed E-state index contributed by atoms with van der Waals surface area (Å²) >= 11 is 5.97. The molecule has 0 spiro atoms. The van der Waals surface area contributed by atoms with Gasteiger partial charge in [0.05, 0.1) is 6.54 Å². The summed E-state index contributed by atoms with van der Waals surface area (Å²) in [5.74, 6) is -0.172. The second kappa shape index (κ2) is 8.44. The standard InChI is InChI=1S/C21H24ClN3O2/c1-14(2)23-21(27)18-8-4-10-19-17(18)9-5-11-25(19)13-20(26)24-16-7-3-6-15(22)12-16/h3-4,6-8,10,12,14H,5,9,11,13H2,1-2H3,(H,23,27)(H,24,26). The molecule has 1 aliphatic rings. The van der Waals surface area contributed by atoms with Crippen molar-refractivity contribution in [1.82, 2.24) is 5.32 Å². The lowest BCUT2D eigenvalue weighted by Crippen LogP contribution is -2.38. The first kappa shape index (κ1) is 19.2. The molecule has 0 bridgehead atoms. The minimum absolute atomic E-state index is 0.0629.